The van der Waals surface area contributed by atoms with Crippen molar-refractivity contribution in [3.63, 3.8) is 0 Å². The van der Waals surface area contributed by atoms with Gasteiger partial charge in [0.2, 0.25) is 0 Å². The van der Waals surface area contributed by atoms with E-state index in [0.29, 0.717) is 12.1 Å². The van der Waals surface area contributed by atoms with Gasteiger partial charge in [-0.15, -0.1) is 9.24 Å². The molecule has 0 heterocycles. The zero-order valence-electron chi connectivity index (χ0n) is 16.7. The maximum Gasteiger partial charge on any atom is 0.0239 e. The molecule has 1 aromatic rings. The van der Waals surface area contributed by atoms with Crippen LogP contribution in [0.3, 0.4) is 0 Å². The molecule has 1 rings (SSSR count). The summed E-state index contributed by atoms with van der Waals surface area (Å²) in [6.45, 7) is 17.9. The normalized spacial score (nSPS) is 13.0. The molecule has 0 aliphatic carbocycles. The third-order valence-corrected chi connectivity index (χ3v) is 5.56. The zero-order chi connectivity index (χ0) is 17.9. The fraction of sp³-hybridized carbons (Fsp3) is 0.700. The van der Waals surface area contributed by atoms with Crippen LogP contribution in [-0.2, 0) is 18.5 Å². The van der Waals surface area contributed by atoms with Crippen LogP contribution in [0.4, 0.5) is 0 Å². The fourth-order valence-corrected chi connectivity index (χ4v) is 2.73. The highest BCUT2D eigenvalue weighted by molar-refractivity contribution is 7.27. The SMILES string of the molecule is CC(C)N(C)Cc1cc(C(C)(C)C)cc(CN(C)C(C)C)c1P. The Bertz CT molecular complexity index is 478. The Hall–Kier alpha value is -0.430. The molecule has 23 heavy (non-hydrogen) atoms. The monoisotopic (exact) mass is 336 g/mol. The number of hydrogen-bond donors (Lipinski definition) is 0. The third-order valence-electron chi connectivity index (χ3n) is 4.82. The lowest BCUT2D eigenvalue weighted by Crippen LogP contribution is -2.31. The highest BCUT2D eigenvalue weighted by atomic mass is 31.0. The molecule has 1 atom stereocenters. The Morgan fingerprint density at radius 3 is 1.48 bits per heavy atom. The minimum Gasteiger partial charge on any atom is -0.300 e. The van der Waals surface area contributed by atoms with Gasteiger partial charge in [-0.05, 0) is 69.2 Å². The van der Waals surface area contributed by atoms with Crippen LogP contribution in [-0.4, -0.2) is 36.0 Å². The smallest absolute Gasteiger partial charge is 0.0239 e. The van der Waals surface area contributed by atoms with Gasteiger partial charge in [-0.3, -0.25) is 9.80 Å². The molecule has 0 aliphatic rings. The maximum atomic E-state index is 3.00. The van der Waals surface area contributed by atoms with Crippen molar-refractivity contribution in [1.29, 1.82) is 0 Å². The van der Waals surface area contributed by atoms with E-state index in [4.69, 9.17) is 0 Å². The molecule has 0 N–H and O–H groups in total. The molecule has 2 nitrogen and oxygen atoms in total. The van der Waals surface area contributed by atoms with Gasteiger partial charge in [0.25, 0.3) is 0 Å². The lowest BCUT2D eigenvalue weighted by atomic mass is 9.84. The van der Waals surface area contributed by atoms with Crippen LogP contribution in [0.5, 0.6) is 0 Å². The topological polar surface area (TPSA) is 6.48 Å². The van der Waals surface area contributed by atoms with Crippen LogP contribution in [0.2, 0.25) is 0 Å². The molecule has 0 spiro atoms. The van der Waals surface area contributed by atoms with Crippen molar-refractivity contribution in [2.24, 2.45) is 0 Å². The summed E-state index contributed by atoms with van der Waals surface area (Å²) in [7, 11) is 7.41. The largest absolute Gasteiger partial charge is 0.300 e. The molecule has 0 aromatic heterocycles. The summed E-state index contributed by atoms with van der Waals surface area (Å²) in [5.74, 6) is 0. The van der Waals surface area contributed by atoms with Crippen LogP contribution in [0.25, 0.3) is 0 Å². The van der Waals surface area contributed by atoms with E-state index >= 15 is 0 Å². The first kappa shape index (κ1) is 20.6. The molecule has 0 saturated heterocycles. The number of rotatable bonds is 6. The summed E-state index contributed by atoms with van der Waals surface area (Å²) in [4.78, 5) is 4.82. The Kier molecular flexibility index (Phi) is 7.26. The third kappa shape index (κ3) is 5.85. The van der Waals surface area contributed by atoms with Crippen molar-refractivity contribution in [3.8, 4) is 0 Å². The Labute approximate surface area is 146 Å². The number of nitrogens with zero attached hydrogens (tertiary/aromatic N) is 2. The first-order valence-electron chi connectivity index (χ1n) is 8.75. The van der Waals surface area contributed by atoms with E-state index in [2.05, 4.69) is 93.7 Å². The lowest BCUT2D eigenvalue weighted by Gasteiger charge is -2.28. The van der Waals surface area contributed by atoms with Gasteiger partial charge < -0.3 is 0 Å². The van der Waals surface area contributed by atoms with E-state index in [0.717, 1.165) is 13.1 Å². The highest BCUT2D eigenvalue weighted by Crippen LogP contribution is 2.26. The minimum atomic E-state index is 0.175. The first-order valence-corrected chi connectivity index (χ1v) is 9.33. The van der Waals surface area contributed by atoms with E-state index in [1.54, 1.807) is 0 Å². The van der Waals surface area contributed by atoms with Crippen LogP contribution in [0.15, 0.2) is 12.1 Å². The van der Waals surface area contributed by atoms with Crippen molar-refractivity contribution in [2.45, 2.75) is 79.1 Å². The van der Waals surface area contributed by atoms with E-state index in [9.17, 15) is 0 Å². The Balaban J connectivity index is 3.28. The molecule has 3 heteroatoms. The van der Waals surface area contributed by atoms with Gasteiger partial charge in [0.05, 0.1) is 0 Å². The van der Waals surface area contributed by atoms with Gasteiger partial charge >= 0.3 is 0 Å². The summed E-state index contributed by atoms with van der Waals surface area (Å²) < 4.78 is 0. The van der Waals surface area contributed by atoms with Crippen molar-refractivity contribution in [2.75, 3.05) is 14.1 Å². The van der Waals surface area contributed by atoms with Gasteiger partial charge in [0.15, 0.2) is 0 Å². The maximum absolute atomic E-state index is 3.00. The van der Waals surface area contributed by atoms with Gasteiger partial charge in [-0.2, -0.15) is 0 Å². The number of benzene rings is 1. The molecule has 132 valence electrons. The van der Waals surface area contributed by atoms with Gasteiger partial charge in [0.1, 0.15) is 0 Å². The predicted octanol–water partition coefficient (Wildman–Crippen LogP) is 4.16. The van der Waals surface area contributed by atoms with E-state index < -0.39 is 0 Å². The van der Waals surface area contributed by atoms with Crippen molar-refractivity contribution in [1.82, 2.24) is 9.80 Å². The van der Waals surface area contributed by atoms with Crippen LogP contribution >= 0.6 is 9.24 Å². The Morgan fingerprint density at radius 1 is 0.870 bits per heavy atom. The molecule has 1 aromatic carbocycles. The van der Waals surface area contributed by atoms with E-state index in [1.165, 1.54) is 22.0 Å². The standard InChI is InChI=1S/C20H37N2P/c1-14(2)21(8)12-16-10-18(20(5,6)7)11-17(19(16)23)13-22(9)15(3)4/h10-11,14-15H,12-13,23H2,1-9H3. The van der Waals surface area contributed by atoms with Gasteiger partial charge in [-0.25, -0.2) is 0 Å². The molecular formula is C20H37N2P. The number of hydrogen-bond acceptors (Lipinski definition) is 2. The molecule has 0 amide bonds. The second-order valence-electron chi connectivity index (χ2n) is 8.48. The molecule has 0 bridgehead atoms. The molecule has 0 radical (unpaired) electrons. The fourth-order valence-electron chi connectivity index (χ4n) is 2.38. The summed E-state index contributed by atoms with van der Waals surface area (Å²) >= 11 is 0. The minimum absolute atomic E-state index is 0.175. The second-order valence-corrected chi connectivity index (χ2v) is 9.05. The molecule has 0 saturated carbocycles. The molecule has 0 fully saturated rings. The zero-order valence-corrected chi connectivity index (χ0v) is 17.9. The second kappa shape index (κ2) is 8.10. The average molecular weight is 337 g/mol. The van der Waals surface area contributed by atoms with Crippen LogP contribution in [0, 0.1) is 0 Å². The van der Waals surface area contributed by atoms with Crippen LogP contribution in [0.1, 0.15) is 65.2 Å². The van der Waals surface area contributed by atoms with Gasteiger partial charge in [-0.1, -0.05) is 32.9 Å². The van der Waals surface area contributed by atoms with Crippen molar-refractivity contribution < 1.29 is 0 Å². The van der Waals surface area contributed by atoms with E-state index in [1.807, 2.05) is 0 Å². The van der Waals surface area contributed by atoms with Crippen molar-refractivity contribution >= 4 is 14.5 Å². The lowest BCUT2D eigenvalue weighted by molar-refractivity contribution is 0.262. The molecular weight excluding hydrogens is 299 g/mol. The quantitative estimate of drug-likeness (QED) is 0.720. The Morgan fingerprint density at radius 2 is 1.22 bits per heavy atom. The van der Waals surface area contributed by atoms with Crippen molar-refractivity contribution in [3.05, 3.63) is 28.8 Å². The average Bonchev–Trinajstić information content (AvgIpc) is 2.41. The van der Waals surface area contributed by atoms with Crippen LogP contribution < -0.4 is 5.30 Å². The summed E-state index contributed by atoms with van der Waals surface area (Å²) in [6, 6.07) is 5.92. The summed E-state index contributed by atoms with van der Waals surface area (Å²) in [5.41, 5.74) is 4.48. The predicted molar refractivity (Wildman–Crippen MR) is 108 cm³/mol. The summed E-state index contributed by atoms with van der Waals surface area (Å²) in [5, 5.41) is 1.37. The highest BCUT2D eigenvalue weighted by Gasteiger charge is 2.19. The van der Waals surface area contributed by atoms with Gasteiger partial charge in [0, 0.05) is 25.2 Å². The van der Waals surface area contributed by atoms with E-state index in [-0.39, 0.29) is 5.41 Å². The molecule has 0 aliphatic heterocycles. The molecule has 1 unspecified atom stereocenters. The summed E-state index contributed by atoms with van der Waals surface area (Å²) in [6.07, 6.45) is 0. The first-order chi connectivity index (χ1) is 10.4.